The van der Waals surface area contributed by atoms with Crippen molar-refractivity contribution < 1.29 is 78.0 Å². The average Bonchev–Trinajstić information content (AvgIpc) is 4.12. The number of nitrogens with one attached hydrogen (secondary N) is 11. The van der Waals surface area contributed by atoms with Crippen LogP contribution in [-0.4, -0.2) is 198 Å². The number of aliphatic carboxylic acids is 1. The number of primary amides is 2. The number of carbonyl (C=O) groups excluding carboxylic acids is 11. The number of nitrogens with zero attached hydrogens (tertiary/aromatic N) is 2. The molecular weight excluding hydrogens is 1030 g/mol. The third-order valence-electron chi connectivity index (χ3n) is 11.8. The van der Waals surface area contributed by atoms with Gasteiger partial charge in [-0.25, -0.2) is 14.8 Å². The fraction of sp³-hybridized carbons (Fsp3) is 0.600. The number of aliphatic hydroxyl groups is 3. The van der Waals surface area contributed by atoms with Crippen LogP contribution in [0.25, 0.3) is 0 Å². The first-order chi connectivity index (χ1) is 36.8. The van der Waals surface area contributed by atoms with Gasteiger partial charge in [-0.05, 0) is 38.6 Å². The monoisotopic (exact) mass is 1110 g/mol. The number of carboxylic acids is 1. The van der Waals surface area contributed by atoms with E-state index in [1.165, 1.54) is 32.0 Å². The van der Waals surface area contributed by atoms with Crippen LogP contribution >= 0.6 is 0 Å². The summed E-state index contributed by atoms with van der Waals surface area (Å²) >= 11 is 0. The van der Waals surface area contributed by atoms with E-state index in [4.69, 9.17) is 22.9 Å². The molecule has 434 valence electrons. The summed E-state index contributed by atoms with van der Waals surface area (Å²) in [4.78, 5) is 170. The molecule has 33 heteroatoms. The Morgan fingerprint density at radius 1 is 0.590 bits per heavy atom. The minimum Gasteiger partial charge on any atom is -0.480 e. The zero-order valence-electron chi connectivity index (χ0n) is 43.2. The molecule has 23 N–H and O–H groups in total. The number of nitrogens with two attached hydrogens (primary N) is 4. The second-order valence-electron chi connectivity index (χ2n) is 18.1. The van der Waals surface area contributed by atoms with Crippen molar-refractivity contribution in [2.24, 2.45) is 28.9 Å². The molecule has 2 aromatic heterocycles. The maximum absolute atomic E-state index is 14.1. The molecule has 0 unspecified atom stereocenters. The lowest BCUT2D eigenvalue weighted by molar-refractivity contribution is -0.144. The molecule has 0 bridgehead atoms. The van der Waals surface area contributed by atoms with E-state index >= 15 is 0 Å². The Balaban J connectivity index is 2.28. The second-order valence-corrected chi connectivity index (χ2v) is 18.1. The van der Waals surface area contributed by atoms with E-state index < -0.39 is 176 Å². The third kappa shape index (κ3) is 23.0. The van der Waals surface area contributed by atoms with Gasteiger partial charge < -0.3 is 101 Å². The summed E-state index contributed by atoms with van der Waals surface area (Å²) in [6.07, 6.45) is 2.70. The summed E-state index contributed by atoms with van der Waals surface area (Å²) < 4.78 is 0. The Labute approximate surface area is 446 Å². The van der Waals surface area contributed by atoms with Gasteiger partial charge in [0.15, 0.2) is 0 Å². The van der Waals surface area contributed by atoms with E-state index in [0.717, 1.165) is 0 Å². The molecule has 78 heavy (non-hydrogen) atoms. The molecule has 0 spiro atoms. The number of aromatic nitrogens is 4. The normalized spacial score (nSPS) is 15.3. The van der Waals surface area contributed by atoms with Crippen LogP contribution in [0.5, 0.6) is 0 Å². The van der Waals surface area contributed by atoms with Gasteiger partial charge in [-0.15, -0.1) is 0 Å². The number of hydrogen-bond donors (Lipinski definition) is 19. The zero-order valence-corrected chi connectivity index (χ0v) is 43.2. The van der Waals surface area contributed by atoms with Crippen molar-refractivity contribution in [2.45, 2.75) is 139 Å². The molecule has 0 aromatic carbocycles. The van der Waals surface area contributed by atoms with Gasteiger partial charge in [0.2, 0.25) is 65.0 Å². The highest BCUT2D eigenvalue weighted by Gasteiger charge is 2.36. The number of rotatable bonds is 37. The molecule has 0 aliphatic carbocycles. The number of H-pyrrole nitrogens is 2. The standard InChI is InChI=1S/C45H73N17O16/c1-4-21(2)35(45(77)78)61-42(74)29(13-33(49)67)58-41(73)27(11-23-14-50-19-53-23)56-40(72)28(12-24-15-51-20-54-24)57-43(75)31(18-64)59-39(71)26(8-9-32(48)66)55-34(68)16-52-38(70)30(17-63)60-44(76)36(22(3)65)62-37(69)25(47)7-5-6-10-46/h14-15,19-22,25-31,35-36,63-65H,4-13,16-18,46-47H2,1-3H3,(H2,48,66)(H2,49,67)(H,50,53)(H,51,54)(H,52,70)(H,55,68)(H,56,72)(H,57,75)(H,58,73)(H,59,71)(H,60,76)(H,61,74)(H,62,69)(H,77,78)/t21-,22+,25-,26-,27-,28-,29-,30-,31-,35-,36-/m0/s1. The van der Waals surface area contributed by atoms with E-state index in [-0.39, 0.29) is 30.7 Å². The summed E-state index contributed by atoms with van der Waals surface area (Å²) in [5.74, 6) is -13.7. The molecule has 11 atom stereocenters. The van der Waals surface area contributed by atoms with E-state index in [2.05, 4.69) is 67.8 Å². The summed E-state index contributed by atoms with van der Waals surface area (Å²) in [6.45, 7) is 1.68. The highest BCUT2D eigenvalue weighted by atomic mass is 16.4. The van der Waals surface area contributed by atoms with Crippen molar-refractivity contribution in [2.75, 3.05) is 26.3 Å². The van der Waals surface area contributed by atoms with Crippen molar-refractivity contribution in [3.63, 3.8) is 0 Å². The number of imidazole rings is 2. The topological polar surface area (TPSA) is 555 Å². The van der Waals surface area contributed by atoms with Crippen LogP contribution in [0, 0.1) is 5.92 Å². The maximum atomic E-state index is 14.1. The van der Waals surface area contributed by atoms with Gasteiger partial charge in [0.05, 0.1) is 51.0 Å². The first kappa shape index (κ1) is 66.0. The van der Waals surface area contributed by atoms with Gasteiger partial charge in [-0.1, -0.05) is 26.7 Å². The predicted octanol–water partition coefficient (Wildman–Crippen LogP) is -8.99. The van der Waals surface area contributed by atoms with Crippen molar-refractivity contribution in [1.29, 1.82) is 0 Å². The Morgan fingerprint density at radius 3 is 1.53 bits per heavy atom. The van der Waals surface area contributed by atoms with Gasteiger partial charge in [0, 0.05) is 43.0 Å². The minimum absolute atomic E-state index is 0.216. The lowest BCUT2D eigenvalue weighted by Crippen LogP contribution is -2.61. The fourth-order valence-corrected chi connectivity index (χ4v) is 7.13. The Hall–Kier alpha value is -8.14. The number of aromatic amines is 2. The molecule has 0 saturated heterocycles. The lowest BCUT2D eigenvalue weighted by atomic mass is 9.98. The number of carbonyl (C=O) groups is 12. The summed E-state index contributed by atoms with van der Waals surface area (Å²) in [5.41, 5.74) is 22.5. The maximum Gasteiger partial charge on any atom is 0.326 e. The minimum atomic E-state index is -1.89. The van der Waals surface area contributed by atoms with Gasteiger partial charge in [-0.2, -0.15) is 0 Å². The van der Waals surface area contributed by atoms with E-state index in [9.17, 15) is 78.0 Å². The number of carboxylic acid groups (broad SMARTS) is 1. The van der Waals surface area contributed by atoms with E-state index in [1.807, 2.05) is 0 Å². The van der Waals surface area contributed by atoms with Crippen LogP contribution < -0.4 is 70.8 Å². The third-order valence-corrected chi connectivity index (χ3v) is 11.8. The highest BCUT2D eigenvalue weighted by Crippen LogP contribution is 2.11. The first-order valence-corrected chi connectivity index (χ1v) is 24.6. The van der Waals surface area contributed by atoms with E-state index in [1.54, 1.807) is 13.8 Å². The SMILES string of the molecule is CC[C@H](C)[C@H](NC(=O)[C@H](CC(N)=O)NC(=O)[C@H](Cc1cnc[nH]1)NC(=O)[C@H](Cc1cnc[nH]1)NC(=O)[C@H](CO)NC(=O)[C@H](CCC(N)=O)NC(=O)CNC(=O)[C@H](CO)NC(=O)[C@@H](NC(=O)[C@@H](N)CCCCN)[C@@H](C)O)C(=O)O. The summed E-state index contributed by atoms with van der Waals surface area (Å²) in [6, 6.07) is -14.4. The molecular formula is C45H73N17O16. The van der Waals surface area contributed by atoms with Gasteiger partial charge in [-0.3, -0.25) is 52.7 Å². The average molecular weight is 1110 g/mol. The smallest absolute Gasteiger partial charge is 0.326 e. The lowest BCUT2D eigenvalue weighted by Gasteiger charge is -2.27. The van der Waals surface area contributed by atoms with Crippen molar-refractivity contribution in [3.05, 3.63) is 36.4 Å². The van der Waals surface area contributed by atoms with Crippen LogP contribution in [-0.2, 0) is 70.4 Å². The Bertz CT molecular complexity index is 2340. The van der Waals surface area contributed by atoms with Crippen LogP contribution in [0.2, 0.25) is 0 Å². The summed E-state index contributed by atoms with van der Waals surface area (Å²) in [7, 11) is 0. The zero-order chi connectivity index (χ0) is 58.6. The van der Waals surface area contributed by atoms with Crippen molar-refractivity contribution >= 4 is 70.9 Å². The Kier molecular flexibility index (Phi) is 28.6. The fourth-order valence-electron chi connectivity index (χ4n) is 7.13. The van der Waals surface area contributed by atoms with Crippen LogP contribution in [0.4, 0.5) is 0 Å². The molecule has 0 saturated carbocycles. The quantitative estimate of drug-likeness (QED) is 0.0279. The molecule has 11 amide bonds. The molecule has 0 fully saturated rings. The van der Waals surface area contributed by atoms with Crippen molar-refractivity contribution in [1.82, 2.24) is 67.8 Å². The number of aliphatic hydroxyl groups excluding tert-OH is 3. The molecule has 0 radical (unpaired) electrons. The van der Waals surface area contributed by atoms with Crippen LogP contribution in [0.3, 0.4) is 0 Å². The highest BCUT2D eigenvalue weighted by molar-refractivity contribution is 5.99. The number of amides is 11. The molecule has 0 aliphatic heterocycles. The Morgan fingerprint density at radius 2 is 1.06 bits per heavy atom. The van der Waals surface area contributed by atoms with Crippen LogP contribution in [0.1, 0.15) is 77.1 Å². The molecule has 33 nitrogen and oxygen atoms in total. The number of hydrogen-bond acceptors (Lipinski definition) is 19. The molecule has 2 rings (SSSR count). The van der Waals surface area contributed by atoms with E-state index in [0.29, 0.717) is 25.8 Å². The van der Waals surface area contributed by atoms with Gasteiger partial charge in [0.25, 0.3) is 0 Å². The largest absolute Gasteiger partial charge is 0.480 e. The number of unbranched alkanes of at least 4 members (excludes halogenated alkanes) is 1. The molecule has 2 aromatic rings. The molecule has 0 aliphatic rings. The first-order valence-electron chi connectivity index (χ1n) is 24.6. The van der Waals surface area contributed by atoms with Crippen LogP contribution in [0.15, 0.2) is 25.0 Å². The van der Waals surface area contributed by atoms with Crippen molar-refractivity contribution in [3.8, 4) is 0 Å². The second kappa shape index (κ2) is 33.8. The predicted molar refractivity (Wildman–Crippen MR) is 269 cm³/mol. The molecule has 2 heterocycles. The van der Waals surface area contributed by atoms with Gasteiger partial charge >= 0.3 is 5.97 Å². The summed E-state index contributed by atoms with van der Waals surface area (Å²) in [5, 5.41) is 60.6. The van der Waals surface area contributed by atoms with Gasteiger partial charge in [0.1, 0.15) is 48.3 Å².